The van der Waals surface area contributed by atoms with Gasteiger partial charge in [0.1, 0.15) is 5.52 Å². The van der Waals surface area contributed by atoms with Gasteiger partial charge in [0.2, 0.25) is 15.9 Å². The molecule has 0 unspecified atom stereocenters. The minimum atomic E-state index is -3.71. The second-order valence-electron chi connectivity index (χ2n) is 8.08. The van der Waals surface area contributed by atoms with Gasteiger partial charge in [0, 0.05) is 26.2 Å². The predicted molar refractivity (Wildman–Crippen MR) is 132 cm³/mol. The predicted octanol–water partition coefficient (Wildman–Crippen LogP) is 2.42. The number of sulfonamides is 1. The summed E-state index contributed by atoms with van der Waals surface area (Å²) in [4.78, 5) is 19.5. The molecule has 2 saturated heterocycles. The monoisotopic (exact) mass is 518 g/mol. The van der Waals surface area contributed by atoms with Crippen molar-refractivity contribution in [3.05, 3.63) is 42.5 Å². The summed E-state index contributed by atoms with van der Waals surface area (Å²) in [7, 11) is -3.71. The first-order chi connectivity index (χ1) is 17.0. The van der Waals surface area contributed by atoms with E-state index in [0.717, 1.165) is 11.2 Å². The van der Waals surface area contributed by atoms with Crippen LogP contribution >= 0.6 is 11.8 Å². The molecule has 10 nitrogen and oxygen atoms in total. The molecule has 0 aliphatic carbocycles. The van der Waals surface area contributed by atoms with Crippen LogP contribution < -0.4 is 10.2 Å². The molecule has 1 N–H and O–H groups in total. The number of oxazole rings is 1. The highest BCUT2D eigenvalue weighted by Gasteiger charge is 2.28. The standard InChI is InChI=1S/C23H26N4O6S2/c28-22(16-34-23-25-18-3-1-2-4-21(18)33-23)24-19-15-17(35(29,30)27-9-13-32-14-10-27)5-6-20(19)26-7-11-31-12-8-26/h1-6,15H,7-14,16H2,(H,24,28). The number of nitrogens with one attached hydrogen (secondary N) is 1. The SMILES string of the molecule is O=C(CSc1nc2ccccc2o1)Nc1cc(S(=O)(=O)N2CCOCC2)ccc1N1CCOCC1. The number of rotatable bonds is 7. The van der Waals surface area contributed by atoms with Gasteiger partial charge in [-0.3, -0.25) is 4.79 Å². The molecule has 12 heteroatoms. The third-order valence-corrected chi connectivity index (χ3v) is 8.53. The van der Waals surface area contributed by atoms with Gasteiger partial charge in [-0.05, 0) is 30.3 Å². The van der Waals surface area contributed by atoms with Crippen LogP contribution in [0.4, 0.5) is 11.4 Å². The summed E-state index contributed by atoms with van der Waals surface area (Å²) in [5.74, 6) is -0.219. The molecular weight excluding hydrogens is 492 g/mol. The summed E-state index contributed by atoms with van der Waals surface area (Å²) in [5.41, 5.74) is 2.59. The van der Waals surface area contributed by atoms with Gasteiger partial charge < -0.3 is 24.1 Å². The first-order valence-corrected chi connectivity index (χ1v) is 13.8. The zero-order valence-electron chi connectivity index (χ0n) is 19.0. The fourth-order valence-electron chi connectivity index (χ4n) is 4.02. The Morgan fingerprint density at radius 2 is 1.71 bits per heavy atom. The molecule has 186 valence electrons. The van der Waals surface area contributed by atoms with Crippen LogP contribution in [0, 0.1) is 0 Å². The number of para-hydroxylation sites is 2. The molecule has 0 atom stereocenters. The van der Waals surface area contributed by atoms with Gasteiger partial charge >= 0.3 is 0 Å². The van der Waals surface area contributed by atoms with Gasteiger partial charge in [-0.1, -0.05) is 23.9 Å². The Bertz CT molecular complexity index is 1270. The van der Waals surface area contributed by atoms with Crippen LogP contribution in [0.1, 0.15) is 0 Å². The van der Waals surface area contributed by atoms with Crippen LogP contribution in [-0.2, 0) is 24.3 Å². The largest absolute Gasteiger partial charge is 0.431 e. The van der Waals surface area contributed by atoms with Crippen molar-refractivity contribution in [2.24, 2.45) is 0 Å². The van der Waals surface area contributed by atoms with E-state index < -0.39 is 10.0 Å². The number of hydrogen-bond acceptors (Lipinski definition) is 9. The maximum Gasteiger partial charge on any atom is 0.257 e. The highest BCUT2D eigenvalue weighted by Crippen LogP contribution is 2.32. The average molecular weight is 519 g/mol. The minimum absolute atomic E-state index is 0.0653. The number of benzene rings is 2. The van der Waals surface area contributed by atoms with E-state index in [1.165, 1.54) is 22.1 Å². The number of fused-ring (bicyclic) bond motifs is 1. The lowest BCUT2D eigenvalue weighted by molar-refractivity contribution is -0.113. The van der Waals surface area contributed by atoms with E-state index in [1.807, 2.05) is 24.3 Å². The molecule has 0 bridgehead atoms. The molecule has 2 aromatic carbocycles. The number of carbonyl (C=O) groups excluding carboxylic acids is 1. The Balaban J connectivity index is 1.36. The smallest absolute Gasteiger partial charge is 0.257 e. The van der Waals surface area contributed by atoms with Crippen molar-refractivity contribution in [3.63, 3.8) is 0 Å². The maximum absolute atomic E-state index is 13.2. The summed E-state index contributed by atoms with van der Waals surface area (Å²) >= 11 is 1.18. The molecule has 0 saturated carbocycles. The van der Waals surface area contributed by atoms with Crippen molar-refractivity contribution in [1.82, 2.24) is 9.29 Å². The van der Waals surface area contributed by atoms with E-state index in [2.05, 4.69) is 15.2 Å². The van der Waals surface area contributed by atoms with Crippen LogP contribution in [-0.4, -0.2) is 82.0 Å². The number of anilines is 2. The highest BCUT2D eigenvalue weighted by atomic mass is 32.2. The van der Waals surface area contributed by atoms with E-state index in [9.17, 15) is 13.2 Å². The van der Waals surface area contributed by atoms with Crippen molar-refractivity contribution in [2.45, 2.75) is 10.1 Å². The number of hydrogen-bond donors (Lipinski definition) is 1. The quantitative estimate of drug-likeness (QED) is 0.471. The highest BCUT2D eigenvalue weighted by molar-refractivity contribution is 7.99. The first-order valence-electron chi connectivity index (χ1n) is 11.3. The van der Waals surface area contributed by atoms with E-state index in [-0.39, 0.29) is 16.6 Å². The van der Waals surface area contributed by atoms with E-state index in [1.54, 1.807) is 12.1 Å². The molecule has 0 radical (unpaired) electrons. The second kappa shape index (κ2) is 10.5. The van der Waals surface area contributed by atoms with Gasteiger partial charge in [-0.15, -0.1) is 0 Å². The Morgan fingerprint density at radius 1 is 1.00 bits per heavy atom. The van der Waals surface area contributed by atoms with Gasteiger partial charge in [0.05, 0.1) is 48.5 Å². The molecule has 0 spiro atoms. The van der Waals surface area contributed by atoms with Crippen LogP contribution in [0.25, 0.3) is 11.1 Å². The lowest BCUT2D eigenvalue weighted by atomic mass is 10.2. The maximum atomic E-state index is 13.2. The Hall–Kier alpha value is -2.64. The molecule has 2 fully saturated rings. The van der Waals surface area contributed by atoms with Crippen LogP contribution in [0.15, 0.2) is 57.0 Å². The fourth-order valence-corrected chi connectivity index (χ4v) is 6.09. The van der Waals surface area contributed by atoms with Gasteiger partial charge in [0.25, 0.3) is 5.22 Å². The zero-order chi connectivity index (χ0) is 24.3. The average Bonchev–Trinajstić information content (AvgIpc) is 3.32. The van der Waals surface area contributed by atoms with Crippen molar-refractivity contribution in [3.8, 4) is 0 Å². The number of amides is 1. The number of ether oxygens (including phenoxy) is 2. The zero-order valence-corrected chi connectivity index (χ0v) is 20.6. The summed E-state index contributed by atoms with van der Waals surface area (Å²) < 4.78 is 44.2. The van der Waals surface area contributed by atoms with Crippen molar-refractivity contribution >= 4 is 50.2 Å². The molecule has 2 aliphatic rings. The van der Waals surface area contributed by atoms with Crippen molar-refractivity contribution < 1.29 is 27.1 Å². The molecule has 2 aliphatic heterocycles. The fraction of sp³-hybridized carbons (Fsp3) is 0.391. The third kappa shape index (κ3) is 5.46. The summed E-state index contributed by atoms with van der Waals surface area (Å²) in [5, 5.41) is 3.31. The van der Waals surface area contributed by atoms with Crippen LogP contribution in [0.5, 0.6) is 0 Å². The Labute approximate surface area is 207 Å². The molecule has 1 aromatic heterocycles. The first kappa shape index (κ1) is 24.1. The van der Waals surface area contributed by atoms with E-state index in [0.29, 0.717) is 69.1 Å². The van der Waals surface area contributed by atoms with Gasteiger partial charge in [-0.2, -0.15) is 4.31 Å². The van der Waals surface area contributed by atoms with Crippen molar-refractivity contribution in [2.75, 3.05) is 68.6 Å². The lowest BCUT2D eigenvalue weighted by Gasteiger charge is -2.31. The summed E-state index contributed by atoms with van der Waals surface area (Å²) in [6.07, 6.45) is 0. The second-order valence-corrected chi connectivity index (χ2v) is 10.9. The molecule has 5 rings (SSSR count). The van der Waals surface area contributed by atoms with E-state index in [4.69, 9.17) is 13.9 Å². The number of carbonyl (C=O) groups is 1. The Morgan fingerprint density at radius 3 is 2.46 bits per heavy atom. The number of aromatic nitrogens is 1. The number of thioether (sulfide) groups is 1. The van der Waals surface area contributed by atoms with Crippen molar-refractivity contribution in [1.29, 1.82) is 0 Å². The minimum Gasteiger partial charge on any atom is -0.431 e. The van der Waals surface area contributed by atoms with Gasteiger partial charge in [-0.25, -0.2) is 13.4 Å². The van der Waals surface area contributed by atoms with Crippen LogP contribution in [0.3, 0.4) is 0 Å². The third-order valence-electron chi connectivity index (χ3n) is 5.80. The van der Waals surface area contributed by atoms with E-state index >= 15 is 0 Å². The van der Waals surface area contributed by atoms with Crippen LogP contribution in [0.2, 0.25) is 0 Å². The molecular formula is C23H26N4O6S2. The van der Waals surface area contributed by atoms with Gasteiger partial charge in [0.15, 0.2) is 5.58 Å². The Kier molecular flexibility index (Phi) is 7.25. The molecule has 3 heterocycles. The molecule has 35 heavy (non-hydrogen) atoms. The summed E-state index contributed by atoms with van der Waals surface area (Å²) in [6.45, 7) is 3.76. The molecule has 3 aromatic rings. The lowest BCUT2D eigenvalue weighted by Crippen LogP contribution is -2.40. The normalized spacial score (nSPS) is 17.5. The number of nitrogens with zero attached hydrogens (tertiary/aromatic N) is 3. The molecule has 1 amide bonds. The number of morpholine rings is 2. The summed E-state index contributed by atoms with van der Waals surface area (Å²) in [6, 6.07) is 12.3. The topological polar surface area (TPSA) is 114 Å².